The fraction of sp³-hybridized carbons (Fsp3) is 0.312. The van der Waals surface area contributed by atoms with Gasteiger partial charge in [-0.2, -0.15) is 0 Å². The summed E-state index contributed by atoms with van der Waals surface area (Å²) in [5, 5.41) is 9.34. The molecular weight excluding hydrogens is 282 g/mol. The van der Waals surface area contributed by atoms with Crippen molar-refractivity contribution in [3.63, 3.8) is 0 Å². The summed E-state index contributed by atoms with van der Waals surface area (Å²) < 4.78 is 4.87. The van der Waals surface area contributed by atoms with Crippen LogP contribution in [-0.4, -0.2) is 23.0 Å². The lowest BCUT2D eigenvalue weighted by molar-refractivity contribution is -0.120. The van der Waals surface area contributed by atoms with Gasteiger partial charge in [0.05, 0.1) is 6.42 Å². The topological polar surface area (TPSA) is 84.2 Å². The van der Waals surface area contributed by atoms with Gasteiger partial charge in [0.1, 0.15) is 5.76 Å². The van der Waals surface area contributed by atoms with Gasteiger partial charge in [0.15, 0.2) is 5.69 Å². The second-order valence-electron chi connectivity index (χ2n) is 5.49. The minimum absolute atomic E-state index is 0.0392. The van der Waals surface area contributed by atoms with E-state index >= 15 is 0 Å². The van der Waals surface area contributed by atoms with Crippen molar-refractivity contribution in [1.29, 1.82) is 0 Å². The average molecular weight is 299 g/mol. The van der Waals surface area contributed by atoms with Crippen molar-refractivity contribution < 1.29 is 14.1 Å². The van der Waals surface area contributed by atoms with Crippen molar-refractivity contribution in [2.75, 3.05) is 5.32 Å². The predicted molar refractivity (Wildman–Crippen MR) is 80.5 cm³/mol. The third-order valence-corrected chi connectivity index (χ3v) is 3.38. The summed E-state index contributed by atoms with van der Waals surface area (Å²) >= 11 is 0. The Kier molecular flexibility index (Phi) is 3.91. The van der Waals surface area contributed by atoms with Crippen molar-refractivity contribution in [1.82, 2.24) is 10.5 Å². The number of anilines is 1. The molecule has 1 heterocycles. The van der Waals surface area contributed by atoms with Crippen LogP contribution in [-0.2, 0) is 11.2 Å². The summed E-state index contributed by atoms with van der Waals surface area (Å²) in [4.78, 5) is 23.6. The molecule has 0 radical (unpaired) electrons. The maximum Gasteiger partial charge on any atom is 0.277 e. The monoisotopic (exact) mass is 299 g/mol. The van der Waals surface area contributed by atoms with Gasteiger partial charge in [0, 0.05) is 17.8 Å². The van der Waals surface area contributed by atoms with E-state index in [2.05, 4.69) is 15.8 Å². The van der Waals surface area contributed by atoms with Gasteiger partial charge < -0.3 is 15.2 Å². The van der Waals surface area contributed by atoms with Gasteiger partial charge in [0.2, 0.25) is 5.91 Å². The first-order chi connectivity index (χ1) is 10.6. The molecule has 2 N–H and O–H groups in total. The molecule has 1 saturated carbocycles. The second kappa shape index (κ2) is 6.01. The highest BCUT2D eigenvalue weighted by molar-refractivity contribution is 6.02. The van der Waals surface area contributed by atoms with Crippen LogP contribution in [0.1, 0.15) is 34.7 Å². The summed E-state index contributed by atoms with van der Waals surface area (Å²) in [6.07, 6.45) is 2.52. The van der Waals surface area contributed by atoms with E-state index in [1.165, 1.54) is 0 Å². The molecule has 2 amide bonds. The van der Waals surface area contributed by atoms with E-state index in [9.17, 15) is 9.59 Å². The van der Waals surface area contributed by atoms with E-state index in [4.69, 9.17) is 4.52 Å². The number of hydrogen-bond acceptors (Lipinski definition) is 4. The molecule has 0 bridgehead atoms. The summed E-state index contributed by atoms with van der Waals surface area (Å²) in [7, 11) is 0. The van der Waals surface area contributed by atoms with Gasteiger partial charge in [-0.1, -0.05) is 17.3 Å². The Balaban J connectivity index is 1.56. The van der Waals surface area contributed by atoms with Crippen molar-refractivity contribution in [3.05, 3.63) is 47.3 Å². The molecule has 3 rings (SSSR count). The molecule has 2 aromatic rings. The Labute approximate surface area is 127 Å². The van der Waals surface area contributed by atoms with Crippen molar-refractivity contribution in [2.24, 2.45) is 0 Å². The second-order valence-corrected chi connectivity index (χ2v) is 5.49. The molecule has 1 aliphatic carbocycles. The zero-order valence-electron chi connectivity index (χ0n) is 12.3. The van der Waals surface area contributed by atoms with Gasteiger partial charge in [-0.05, 0) is 37.5 Å². The van der Waals surface area contributed by atoms with Gasteiger partial charge >= 0.3 is 0 Å². The van der Waals surface area contributed by atoms with Crippen LogP contribution in [0.5, 0.6) is 0 Å². The van der Waals surface area contributed by atoms with Crippen LogP contribution in [0, 0.1) is 6.92 Å². The number of carbonyl (C=O) groups is 2. The highest BCUT2D eigenvalue weighted by atomic mass is 16.5. The van der Waals surface area contributed by atoms with E-state index in [-0.39, 0.29) is 17.5 Å². The molecule has 0 saturated heterocycles. The van der Waals surface area contributed by atoms with Crippen LogP contribution >= 0.6 is 0 Å². The van der Waals surface area contributed by atoms with E-state index in [0.717, 1.165) is 18.4 Å². The Hall–Kier alpha value is -2.63. The predicted octanol–water partition coefficient (Wildman–Crippen LogP) is 2.06. The summed E-state index contributed by atoms with van der Waals surface area (Å²) in [6.45, 7) is 1.73. The molecule has 0 atom stereocenters. The van der Waals surface area contributed by atoms with Gasteiger partial charge in [-0.25, -0.2) is 0 Å². The highest BCUT2D eigenvalue weighted by Gasteiger charge is 2.23. The van der Waals surface area contributed by atoms with Crippen LogP contribution in [0.25, 0.3) is 0 Å². The molecule has 6 heteroatoms. The molecule has 1 aliphatic rings. The molecule has 6 nitrogen and oxygen atoms in total. The summed E-state index contributed by atoms with van der Waals surface area (Å²) in [5.41, 5.74) is 1.80. The summed E-state index contributed by atoms with van der Waals surface area (Å²) in [5.74, 6) is 0.301. The third-order valence-electron chi connectivity index (χ3n) is 3.38. The maximum atomic E-state index is 11.9. The molecule has 0 aliphatic heterocycles. The number of hydrogen-bond donors (Lipinski definition) is 2. The number of nitrogens with zero attached hydrogens (tertiary/aromatic N) is 1. The van der Waals surface area contributed by atoms with Gasteiger partial charge in [-0.15, -0.1) is 0 Å². The number of amides is 2. The number of carbonyl (C=O) groups excluding carboxylic acids is 2. The number of benzene rings is 1. The van der Waals surface area contributed by atoms with E-state index in [1.807, 2.05) is 12.1 Å². The number of rotatable bonds is 5. The zero-order chi connectivity index (χ0) is 15.5. The first-order valence-corrected chi connectivity index (χ1v) is 7.23. The van der Waals surface area contributed by atoms with Gasteiger partial charge in [0.25, 0.3) is 5.91 Å². The quantitative estimate of drug-likeness (QED) is 0.885. The molecule has 1 aromatic carbocycles. The van der Waals surface area contributed by atoms with E-state index in [0.29, 0.717) is 23.9 Å². The lowest BCUT2D eigenvalue weighted by atomic mass is 10.1. The van der Waals surface area contributed by atoms with Crippen LogP contribution in [0.15, 0.2) is 34.9 Å². The standard InChI is InChI=1S/C16H17N3O3/c1-10-8-14(19-22-10)16(21)18-13-4-2-11(3-5-13)9-15(20)17-12-6-7-12/h2-5,8,12H,6-7,9H2,1H3,(H,17,20)(H,18,21). The zero-order valence-corrected chi connectivity index (χ0v) is 12.3. The summed E-state index contributed by atoms with van der Waals surface area (Å²) in [6, 6.07) is 9.14. The van der Waals surface area contributed by atoms with Crippen LogP contribution in [0.4, 0.5) is 5.69 Å². The fourth-order valence-corrected chi connectivity index (χ4v) is 2.07. The molecule has 1 aromatic heterocycles. The molecule has 114 valence electrons. The van der Waals surface area contributed by atoms with Crippen molar-refractivity contribution in [3.8, 4) is 0 Å². The number of aromatic nitrogens is 1. The number of aryl methyl sites for hydroxylation is 1. The Morgan fingerprint density at radius 3 is 2.59 bits per heavy atom. The molecule has 0 spiro atoms. The van der Waals surface area contributed by atoms with Crippen molar-refractivity contribution >= 4 is 17.5 Å². The smallest absolute Gasteiger partial charge is 0.277 e. The van der Waals surface area contributed by atoms with Gasteiger partial charge in [-0.3, -0.25) is 9.59 Å². The molecule has 22 heavy (non-hydrogen) atoms. The Bertz CT molecular complexity index is 687. The number of nitrogens with one attached hydrogen (secondary N) is 2. The molecule has 1 fully saturated rings. The van der Waals surface area contributed by atoms with E-state index in [1.54, 1.807) is 25.1 Å². The molecular formula is C16H17N3O3. The highest BCUT2D eigenvalue weighted by Crippen LogP contribution is 2.19. The fourth-order valence-electron chi connectivity index (χ4n) is 2.07. The van der Waals surface area contributed by atoms with E-state index < -0.39 is 0 Å². The Morgan fingerprint density at radius 2 is 2.00 bits per heavy atom. The van der Waals surface area contributed by atoms with Crippen molar-refractivity contribution in [2.45, 2.75) is 32.2 Å². The minimum Gasteiger partial charge on any atom is -0.361 e. The normalized spacial score (nSPS) is 13.7. The van der Waals surface area contributed by atoms with Crippen LogP contribution < -0.4 is 10.6 Å². The largest absolute Gasteiger partial charge is 0.361 e. The lowest BCUT2D eigenvalue weighted by Gasteiger charge is -2.06. The lowest BCUT2D eigenvalue weighted by Crippen LogP contribution is -2.26. The Morgan fingerprint density at radius 1 is 1.27 bits per heavy atom. The molecule has 0 unspecified atom stereocenters. The average Bonchev–Trinajstić information content (AvgIpc) is 3.18. The third kappa shape index (κ3) is 3.72. The minimum atomic E-state index is -0.323. The van der Waals surface area contributed by atoms with Crippen LogP contribution in [0.3, 0.4) is 0 Å². The maximum absolute atomic E-state index is 11.9. The SMILES string of the molecule is Cc1cc(C(=O)Nc2ccc(CC(=O)NC3CC3)cc2)no1. The first kappa shape index (κ1) is 14.3. The van der Waals surface area contributed by atoms with Crippen LogP contribution in [0.2, 0.25) is 0 Å². The first-order valence-electron chi connectivity index (χ1n) is 7.23.